The van der Waals surface area contributed by atoms with Crippen molar-refractivity contribution in [3.05, 3.63) is 29.8 Å². The smallest absolute Gasteiger partial charge is 0.125 e. The minimum atomic E-state index is -0.235. The van der Waals surface area contributed by atoms with E-state index in [0.717, 1.165) is 25.1 Å². The van der Waals surface area contributed by atoms with E-state index in [0.29, 0.717) is 0 Å². The van der Waals surface area contributed by atoms with Gasteiger partial charge in [0.05, 0.1) is 12.1 Å². The van der Waals surface area contributed by atoms with Crippen LogP contribution in [0.5, 0.6) is 5.75 Å². The molecule has 100 valence electrons. The highest BCUT2D eigenvalue weighted by Crippen LogP contribution is 2.42. The summed E-state index contributed by atoms with van der Waals surface area (Å²) in [6.45, 7) is 7.01. The monoisotopic (exact) mass is 249 g/mol. The van der Waals surface area contributed by atoms with Crippen LogP contribution < -0.4 is 10.1 Å². The Morgan fingerprint density at radius 2 is 2.11 bits per heavy atom. The average Bonchev–Trinajstić information content (AvgIpc) is 2.60. The third kappa shape index (κ3) is 2.68. The summed E-state index contributed by atoms with van der Waals surface area (Å²) in [5, 5.41) is 13.1. The quantitative estimate of drug-likeness (QED) is 0.843. The van der Waals surface area contributed by atoms with Crippen molar-refractivity contribution in [3.8, 4) is 5.75 Å². The largest absolute Gasteiger partial charge is 0.486 e. The fourth-order valence-corrected chi connectivity index (χ4v) is 2.48. The van der Waals surface area contributed by atoms with E-state index >= 15 is 0 Å². The van der Waals surface area contributed by atoms with Gasteiger partial charge in [-0.3, -0.25) is 0 Å². The van der Waals surface area contributed by atoms with Gasteiger partial charge in [-0.05, 0) is 39.3 Å². The summed E-state index contributed by atoms with van der Waals surface area (Å²) in [7, 11) is 0. The molecule has 2 atom stereocenters. The molecule has 3 nitrogen and oxygen atoms in total. The Labute approximate surface area is 109 Å². The molecule has 0 aromatic heterocycles. The number of ether oxygens (including phenoxy) is 1. The number of para-hydroxylation sites is 1. The predicted molar refractivity (Wildman–Crippen MR) is 72.8 cm³/mol. The van der Waals surface area contributed by atoms with Gasteiger partial charge in [-0.15, -0.1) is 0 Å². The van der Waals surface area contributed by atoms with Crippen LogP contribution in [-0.4, -0.2) is 23.4 Å². The highest BCUT2D eigenvalue weighted by molar-refractivity contribution is 5.42. The molecule has 0 aliphatic carbocycles. The lowest BCUT2D eigenvalue weighted by molar-refractivity contribution is 0.0922. The molecule has 0 fully saturated rings. The Hall–Kier alpha value is -1.06. The van der Waals surface area contributed by atoms with E-state index in [4.69, 9.17) is 4.74 Å². The van der Waals surface area contributed by atoms with Gasteiger partial charge in [0.2, 0.25) is 0 Å². The molecular formula is C15H23NO2. The first-order valence-corrected chi connectivity index (χ1v) is 6.74. The van der Waals surface area contributed by atoms with Crippen LogP contribution in [0.4, 0.5) is 0 Å². The van der Waals surface area contributed by atoms with Gasteiger partial charge in [0.25, 0.3) is 0 Å². The van der Waals surface area contributed by atoms with Gasteiger partial charge < -0.3 is 15.2 Å². The van der Waals surface area contributed by atoms with Crippen LogP contribution in [-0.2, 0) is 0 Å². The van der Waals surface area contributed by atoms with E-state index in [-0.39, 0.29) is 17.7 Å². The van der Waals surface area contributed by atoms with E-state index in [2.05, 4.69) is 25.2 Å². The van der Waals surface area contributed by atoms with Crippen LogP contribution >= 0.6 is 0 Å². The second-order valence-electron chi connectivity index (χ2n) is 5.48. The summed E-state index contributed by atoms with van der Waals surface area (Å²) in [6.07, 6.45) is 1.38. The molecular weight excluding hydrogens is 226 g/mol. The lowest BCUT2D eigenvalue weighted by Crippen LogP contribution is -2.40. The molecule has 0 radical (unpaired) electrons. The number of hydrogen-bond acceptors (Lipinski definition) is 3. The molecule has 2 rings (SSSR count). The maximum absolute atomic E-state index is 9.59. The van der Waals surface area contributed by atoms with E-state index in [1.165, 1.54) is 5.56 Å². The van der Waals surface area contributed by atoms with E-state index in [1.54, 1.807) is 0 Å². The van der Waals surface area contributed by atoms with Crippen molar-refractivity contribution in [2.45, 2.75) is 51.4 Å². The molecule has 2 N–H and O–H groups in total. The van der Waals surface area contributed by atoms with Gasteiger partial charge in [0.15, 0.2) is 0 Å². The number of nitrogens with one attached hydrogen (secondary N) is 1. The summed E-state index contributed by atoms with van der Waals surface area (Å²) >= 11 is 0. The first-order chi connectivity index (χ1) is 8.54. The van der Waals surface area contributed by atoms with Crippen molar-refractivity contribution in [1.82, 2.24) is 5.32 Å². The first-order valence-electron chi connectivity index (χ1n) is 6.74. The van der Waals surface area contributed by atoms with Crippen LogP contribution in [0.2, 0.25) is 0 Å². The molecule has 1 heterocycles. The van der Waals surface area contributed by atoms with Gasteiger partial charge in [-0.25, -0.2) is 0 Å². The lowest BCUT2D eigenvalue weighted by Gasteiger charge is -2.27. The van der Waals surface area contributed by atoms with Crippen molar-refractivity contribution in [1.29, 1.82) is 0 Å². The Morgan fingerprint density at radius 3 is 2.83 bits per heavy atom. The van der Waals surface area contributed by atoms with Gasteiger partial charge in [-0.2, -0.15) is 0 Å². The number of rotatable bonds is 5. The second kappa shape index (κ2) is 5.29. The molecule has 1 aromatic rings. The molecule has 1 aliphatic rings. The highest BCUT2D eigenvalue weighted by Gasteiger charge is 2.40. The fourth-order valence-electron chi connectivity index (χ4n) is 2.48. The molecule has 1 aromatic carbocycles. The maximum Gasteiger partial charge on any atom is 0.125 e. The summed E-state index contributed by atoms with van der Waals surface area (Å²) in [5.41, 5.74) is 0.981. The average molecular weight is 249 g/mol. The molecule has 0 saturated carbocycles. The Morgan fingerprint density at radius 1 is 1.39 bits per heavy atom. The van der Waals surface area contributed by atoms with Crippen LogP contribution in [0.25, 0.3) is 0 Å². The van der Waals surface area contributed by atoms with Crippen molar-refractivity contribution in [2.75, 3.05) is 6.54 Å². The molecule has 18 heavy (non-hydrogen) atoms. The van der Waals surface area contributed by atoms with Crippen molar-refractivity contribution < 1.29 is 9.84 Å². The standard InChI is InChI=1S/C15H23NO2/c1-4-11(17)9-10-16-14-12-7-5-6-8-13(12)18-15(14,2)3/h5-8,11,14,16-17H,4,9-10H2,1-3H3. The molecule has 0 saturated heterocycles. The minimum Gasteiger partial charge on any atom is -0.486 e. The third-order valence-corrected chi connectivity index (χ3v) is 3.60. The van der Waals surface area contributed by atoms with E-state index in [9.17, 15) is 5.11 Å². The zero-order chi connectivity index (χ0) is 13.2. The second-order valence-corrected chi connectivity index (χ2v) is 5.48. The van der Waals surface area contributed by atoms with Crippen LogP contribution in [0, 0.1) is 0 Å². The Kier molecular flexibility index (Phi) is 3.93. The van der Waals surface area contributed by atoms with E-state index in [1.807, 2.05) is 25.1 Å². The number of hydrogen-bond donors (Lipinski definition) is 2. The number of aliphatic hydroxyl groups excluding tert-OH is 1. The topological polar surface area (TPSA) is 41.5 Å². The number of fused-ring (bicyclic) bond motifs is 1. The van der Waals surface area contributed by atoms with Crippen molar-refractivity contribution in [2.24, 2.45) is 0 Å². The fraction of sp³-hybridized carbons (Fsp3) is 0.600. The molecule has 0 bridgehead atoms. The first kappa shape index (κ1) is 13.4. The number of aliphatic hydroxyl groups is 1. The van der Waals surface area contributed by atoms with E-state index < -0.39 is 0 Å². The van der Waals surface area contributed by atoms with Crippen LogP contribution in [0.1, 0.15) is 45.2 Å². The van der Waals surface area contributed by atoms with Crippen LogP contribution in [0.3, 0.4) is 0 Å². The molecule has 1 aliphatic heterocycles. The Balaban J connectivity index is 2.02. The zero-order valence-electron chi connectivity index (χ0n) is 11.4. The molecule has 0 spiro atoms. The Bertz CT molecular complexity index is 403. The van der Waals surface area contributed by atoms with Crippen LogP contribution in [0.15, 0.2) is 24.3 Å². The minimum absolute atomic E-state index is 0.192. The third-order valence-electron chi connectivity index (χ3n) is 3.60. The van der Waals surface area contributed by atoms with Gasteiger partial charge in [0, 0.05) is 5.56 Å². The summed E-state index contributed by atoms with van der Waals surface area (Å²) < 4.78 is 5.97. The highest BCUT2D eigenvalue weighted by atomic mass is 16.5. The number of benzene rings is 1. The summed E-state index contributed by atoms with van der Waals surface area (Å²) in [4.78, 5) is 0. The molecule has 3 heteroatoms. The molecule has 0 amide bonds. The van der Waals surface area contributed by atoms with Crippen molar-refractivity contribution in [3.63, 3.8) is 0 Å². The van der Waals surface area contributed by atoms with Crippen molar-refractivity contribution >= 4 is 0 Å². The SMILES string of the molecule is CCC(O)CCNC1c2ccccc2OC1(C)C. The maximum atomic E-state index is 9.59. The molecule has 2 unspecified atom stereocenters. The lowest BCUT2D eigenvalue weighted by atomic mass is 9.94. The zero-order valence-corrected chi connectivity index (χ0v) is 11.4. The van der Waals surface area contributed by atoms with Gasteiger partial charge in [0.1, 0.15) is 11.4 Å². The van der Waals surface area contributed by atoms with Gasteiger partial charge >= 0.3 is 0 Å². The normalized spacial score (nSPS) is 22.3. The predicted octanol–water partition coefficient (Wildman–Crippen LogP) is 2.65. The summed E-state index contributed by atoms with van der Waals surface area (Å²) in [5.74, 6) is 0.969. The summed E-state index contributed by atoms with van der Waals surface area (Å²) in [6, 6.07) is 8.35. The van der Waals surface area contributed by atoms with Gasteiger partial charge in [-0.1, -0.05) is 25.1 Å².